The van der Waals surface area contributed by atoms with Gasteiger partial charge in [-0.25, -0.2) is 9.97 Å². The van der Waals surface area contributed by atoms with Crippen LogP contribution >= 0.6 is 0 Å². The number of nitrogens with zero attached hydrogens (tertiary/aromatic N) is 4. The number of fused-ring (bicyclic) bond motifs is 1. The minimum absolute atomic E-state index is 0.633. The van der Waals surface area contributed by atoms with Crippen molar-refractivity contribution in [1.82, 2.24) is 14.5 Å². The summed E-state index contributed by atoms with van der Waals surface area (Å²) in [7, 11) is 0. The van der Waals surface area contributed by atoms with Gasteiger partial charge < -0.3 is 0 Å². The van der Waals surface area contributed by atoms with Crippen molar-refractivity contribution in [3.05, 3.63) is 41.6 Å². The van der Waals surface area contributed by atoms with E-state index in [1.165, 1.54) is 24.2 Å². The number of aryl methyl sites for hydroxylation is 1. The van der Waals surface area contributed by atoms with Crippen LogP contribution < -0.4 is 0 Å². The summed E-state index contributed by atoms with van der Waals surface area (Å²) >= 11 is 0. The van der Waals surface area contributed by atoms with Gasteiger partial charge in [0.15, 0.2) is 0 Å². The Morgan fingerprint density at radius 3 is 3.00 bits per heavy atom. The van der Waals surface area contributed by atoms with Crippen molar-refractivity contribution in [1.29, 1.82) is 5.26 Å². The number of rotatable bonds is 1. The molecule has 0 bridgehead atoms. The van der Waals surface area contributed by atoms with Crippen LogP contribution in [0.4, 0.5) is 0 Å². The van der Waals surface area contributed by atoms with E-state index in [0.29, 0.717) is 5.56 Å². The van der Waals surface area contributed by atoms with Gasteiger partial charge in [-0.2, -0.15) is 5.26 Å². The number of hydrogen-bond acceptors (Lipinski definition) is 3. The summed E-state index contributed by atoms with van der Waals surface area (Å²) < 4.78 is 2.01. The van der Waals surface area contributed by atoms with Crippen LogP contribution in [0.1, 0.15) is 29.8 Å². The third-order valence-corrected chi connectivity index (χ3v) is 3.15. The van der Waals surface area contributed by atoms with E-state index >= 15 is 0 Å². The van der Waals surface area contributed by atoms with Gasteiger partial charge in [0.1, 0.15) is 12.1 Å². The van der Waals surface area contributed by atoms with Gasteiger partial charge in [-0.05, 0) is 37.8 Å². The van der Waals surface area contributed by atoms with Crippen molar-refractivity contribution in [2.24, 2.45) is 0 Å². The van der Waals surface area contributed by atoms with E-state index in [2.05, 4.69) is 16.0 Å². The number of aromatic nitrogens is 3. The lowest BCUT2D eigenvalue weighted by atomic mass is 10.0. The molecule has 17 heavy (non-hydrogen) atoms. The van der Waals surface area contributed by atoms with Crippen molar-refractivity contribution in [2.45, 2.75) is 25.7 Å². The van der Waals surface area contributed by atoms with E-state index in [9.17, 15) is 0 Å². The van der Waals surface area contributed by atoms with Gasteiger partial charge in [0.2, 0.25) is 0 Å². The molecule has 2 heterocycles. The lowest BCUT2D eigenvalue weighted by Crippen LogP contribution is -2.07. The van der Waals surface area contributed by atoms with Crippen LogP contribution in [0.2, 0.25) is 0 Å². The molecular formula is C13H12N4. The Morgan fingerprint density at radius 2 is 2.12 bits per heavy atom. The summed E-state index contributed by atoms with van der Waals surface area (Å²) in [5, 5.41) is 8.90. The number of pyridine rings is 1. The molecule has 0 atom stereocenters. The lowest BCUT2D eigenvalue weighted by Gasteiger charge is -2.13. The highest BCUT2D eigenvalue weighted by Gasteiger charge is 2.16. The third kappa shape index (κ3) is 1.70. The summed E-state index contributed by atoms with van der Waals surface area (Å²) in [5.74, 6) is 0.791. The number of hydrogen-bond donors (Lipinski definition) is 0. The number of nitriles is 1. The van der Waals surface area contributed by atoms with E-state index < -0.39 is 0 Å². The molecule has 2 aromatic rings. The molecule has 0 saturated heterocycles. The van der Waals surface area contributed by atoms with Crippen molar-refractivity contribution in [3.8, 4) is 11.9 Å². The smallest absolute Gasteiger partial charge is 0.139 e. The summed E-state index contributed by atoms with van der Waals surface area (Å²) in [6.45, 7) is 0. The maximum Gasteiger partial charge on any atom is 0.139 e. The summed E-state index contributed by atoms with van der Waals surface area (Å²) in [4.78, 5) is 8.74. The minimum atomic E-state index is 0.633. The van der Waals surface area contributed by atoms with Crippen molar-refractivity contribution in [3.63, 3.8) is 0 Å². The predicted molar refractivity (Wildman–Crippen MR) is 62.7 cm³/mol. The molecule has 4 heteroatoms. The normalized spacial score (nSPS) is 14.1. The van der Waals surface area contributed by atoms with Crippen LogP contribution in [-0.2, 0) is 12.8 Å². The molecule has 1 aliphatic carbocycles. The van der Waals surface area contributed by atoms with Crippen molar-refractivity contribution in [2.75, 3.05) is 0 Å². The monoisotopic (exact) mass is 224 g/mol. The van der Waals surface area contributed by atoms with Gasteiger partial charge in [0, 0.05) is 11.9 Å². The summed E-state index contributed by atoms with van der Waals surface area (Å²) in [6.07, 6.45) is 8.02. The van der Waals surface area contributed by atoms with Crippen LogP contribution in [0.25, 0.3) is 5.82 Å². The minimum Gasteiger partial charge on any atom is -0.287 e. The average Bonchev–Trinajstić information content (AvgIpc) is 2.82. The Kier molecular flexibility index (Phi) is 2.37. The molecule has 0 fully saturated rings. The van der Waals surface area contributed by atoms with Gasteiger partial charge in [0.25, 0.3) is 0 Å². The van der Waals surface area contributed by atoms with E-state index in [-0.39, 0.29) is 0 Å². The highest BCUT2D eigenvalue weighted by atomic mass is 15.1. The number of imidazole rings is 1. The van der Waals surface area contributed by atoms with Gasteiger partial charge in [-0.3, -0.25) is 4.57 Å². The maximum atomic E-state index is 8.90. The Morgan fingerprint density at radius 1 is 1.24 bits per heavy atom. The zero-order chi connectivity index (χ0) is 11.7. The quantitative estimate of drug-likeness (QED) is 0.744. The van der Waals surface area contributed by atoms with Gasteiger partial charge in [-0.15, -0.1) is 0 Å². The third-order valence-electron chi connectivity index (χ3n) is 3.15. The standard InChI is InChI=1S/C13H12N4/c14-8-10-5-6-15-13(7-10)17-9-16-11-3-1-2-4-12(11)17/h5-7,9H,1-4H2. The van der Waals surface area contributed by atoms with Crippen LogP contribution in [0.5, 0.6) is 0 Å². The molecule has 0 unspecified atom stereocenters. The second-order valence-electron chi connectivity index (χ2n) is 4.23. The van der Waals surface area contributed by atoms with E-state index in [1.54, 1.807) is 18.3 Å². The largest absolute Gasteiger partial charge is 0.287 e. The first kappa shape index (κ1) is 10.0. The average molecular weight is 224 g/mol. The highest BCUT2D eigenvalue weighted by Crippen LogP contribution is 2.22. The first-order valence-electron chi connectivity index (χ1n) is 5.80. The van der Waals surface area contributed by atoms with Gasteiger partial charge in [0.05, 0.1) is 17.3 Å². The predicted octanol–water partition coefficient (Wildman–Crippen LogP) is 2.02. The molecule has 0 N–H and O–H groups in total. The van der Waals surface area contributed by atoms with Gasteiger partial charge >= 0.3 is 0 Å². The van der Waals surface area contributed by atoms with Gasteiger partial charge in [-0.1, -0.05) is 0 Å². The molecular weight excluding hydrogens is 212 g/mol. The fourth-order valence-corrected chi connectivity index (χ4v) is 2.29. The zero-order valence-corrected chi connectivity index (χ0v) is 9.43. The second-order valence-corrected chi connectivity index (χ2v) is 4.23. The molecule has 2 aromatic heterocycles. The summed E-state index contributed by atoms with van der Waals surface area (Å²) in [6, 6.07) is 5.65. The highest BCUT2D eigenvalue weighted by molar-refractivity contribution is 5.37. The van der Waals surface area contributed by atoms with Crippen LogP contribution in [0.15, 0.2) is 24.7 Å². The molecule has 4 nitrogen and oxygen atoms in total. The Labute approximate surface area is 99.6 Å². The molecule has 3 rings (SSSR count). The molecule has 84 valence electrons. The molecule has 0 radical (unpaired) electrons. The maximum absolute atomic E-state index is 8.90. The van der Waals surface area contributed by atoms with E-state index in [1.807, 2.05) is 10.9 Å². The molecule has 1 aliphatic rings. The van der Waals surface area contributed by atoms with Crippen LogP contribution in [0.3, 0.4) is 0 Å². The van der Waals surface area contributed by atoms with Crippen molar-refractivity contribution < 1.29 is 0 Å². The van der Waals surface area contributed by atoms with Crippen LogP contribution in [0, 0.1) is 11.3 Å². The molecule has 0 saturated carbocycles. The topological polar surface area (TPSA) is 54.5 Å². The van der Waals surface area contributed by atoms with Crippen LogP contribution in [-0.4, -0.2) is 14.5 Å². The van der Waals surface area contributed by atoms with E-state index in [0.717, 1.165) is 18.7 Å². The Balaban J connectivity index is 2.09. The lowest BCUT2D eigenvalue weighted by molar-refractivity contribution is 0.654. The van der Waals surface area contributed by atoms with E-state index in [4.69, 9.17) is 5.26 Å². The fraction of sp³-hybridized carbons (Fsp3) is 0.308. The SMILES string of the molecule is N#Cc1ccnc(-n2cnc3c2CCCC3)c1. The zero-order valence-electron chi connectivity index (χ0n) is 9.43. The first-order valence-corrected chi connectivity index (χ1v) is 5.80. The Bertz CT molecular complexity index is 592. The first-order chi connectivity index (χ1) is 8.38. The summed E-state index contributed by atoms with van der Waals surface area (Å²) in [5.41, 5.74) is 3.06. The fourth-order valence-electron chi connectivity index (χ4n) is 2.29. The van der Waals surface area contributed by atoms with Crippen molar-refractivity contribution >= 4 is 0 Å². The molecule has 0 spiro atoms. The molecule has 0 aromatic carbocycles. The molecule has 0 aliphatic heterocycles. The molecule has 0 amide bonds. The Hall–Kier alpha value is -2.15. The second kappa shape index (κ2) is 4.02.